The van der Waals surface area contributed by atoms with E-state index in [4.69, 9.17) is 28.3 Å². The highest BCUT2D eigenvalue weighted by atomic mass is 35.5. The average molecular weight is 332 g/mol. The Bertz CT molecular complexity index is 473. The second-order valence-electron chi connectivity index (χ2n) is 5.05. The molecule has 1 aromatic carbocycles. The number of nitrogens with zero attached hydrogens (tertiary/aromatic N) is 1. The van der Waals surface area contributed by atoms with E-state index in [1.807, 2.05) is 0 Å². The van der Waals surface area contributed by atoms with Gasteiger partial charge >= 0.3 is 6.03 Å². The first kappa shape index (κ1) is 16.4. The number of hydrogen-bond donors (Lipinski definition) is 3. The molecule has 1 aliphatic rings. The molecule has 2 amide bonds. The molecule has 0 aliphatic carbocycles. The van der Waals surface area contributed by atoms with E-state index < -0.39 is 0 Å². The maximum absolute atomic E-state index is 12.3. The second-order valence-corrected chi connectivity index (χ2v) is 5.92. The predicted octanol–water partition coefficient (Wildman–Crippen LogP) is 2.57. The molecule has 1 aromatic rings. The van der Waals surface area contributed by atoms with Crippen molar-refractivity contribution in [3.05, 3.63) is 28.2 Å². The van der Waals surface area contributed by atoms with Crippen molar-refractivity contribution in [1.29, 1.82) is 0 Å². The zero-order valence-electron chi connectivity index (χ0n) is 11.6. The fraction of sp³-hybridized carbons (Fsp3) is 0.500. The highest BCUT2D eigenvalue weighted by molar-refractivity contribution is 6.35. The number of carbonyl (C=O) groups is 1. The minimum Gasteiger partial charge on any atom is -0.395 e. The molecule has 7 heteroatoms. The highest BCUT2D eigenvalue weighted by Gasteiger charge is 2.21. The van der Waals surface area contributed by atoms with Gasteiger partial charge in [0.2, 0.25) is 0 Å². The van der Waals surface area contributed by atoms with E-state index in [2.05, 4.69) is 10.6 Å². The van der Waals surface area contributed by atoms with E-state index in [1.54, 1.807) is 23.1 Å². The van der Waals surface area contributed by atoms with Gasteiger partial charge in [0.05, 0.1) is 6.61 Å². The Morgan fingerprint density at radius 1 is 1.38 bits per heavy atom. The molecule has 3 N–H and O–H groups in total. The zero-order valence-corrected chi connectivity index (χ0v) is 13.1. The number of urea groups is 1. The van der Waals surface area contributed by atoms with Gasteiger partial charge in [0.1, 0.15) is 0 Å². The van der Waals surface area contributed by atoms with E-state index in [1.165, 1.54) is 0 Å². The Kier molecular flexibility index (Phi) is 6.11. The fourth-order valence-corrected chi connectivity index (χ4v) is 2.93. The smallest absolute Gasteiger partial charge is 0.321 e. The number of carbonyl (C=O) groups excluding carboxylic acids is 1. The number of halogens is 2. The lowest BCUT2D eigenvalue weighted by Crippen LogP contribution is -2.44. The predicted molar refractivity (Wildman–Crippen MR) is 85.2 cm³/mol. The molecule has 116 valence electrons. The monoisotopic (exact) mass is 331 g/mol. The van der Waals surface area contributed by atoms with Crippen molar-refractivity contribution in [2.24, 2.45) is 0 Å². The molecular formula is C14H19Cl2N3O2. The molecular weight excluding hydrogens is 313 g/mol. The van der Waals surface area contributed by atoms with Crippen molar-refractivity contribution in [1.82, 2.24) is 10.2 Å². The summed E-state index contributed by atoms with van der Waals surface area (Å²) >= 11 is 11.8. The summed E-state index contributed by atoms with van der Waals surface area (Å²) in [6, 6.07) is 4.89. The van der Waals surface area contributed by atoms with Gasteiger partial charge in [-0.05, 0) is 37.6 Å². The molecule has 2 rings (SSSR count). The molecule has 0 saturated carbocycles. The standard InChI is InChI=1S/C14H19Cl2N3O2/c15-10-6-11(16)8-13(7-10)18-14(21)19(4-5-20)9-12-2-1-3-17-12/h6-8,12,17,20H,1-5,9H2,(H,18,21). The minimum absolute atomic E-state index is 0.0730. The third-order valence-electron chi connectivity index (χ3n) is 3.37. The van der Waals surface area contributed by atoms with Crippen LogP contribution in [0.3, 0.4) is 0 Å². The largest absolute Gasteiger partial charge is 0.395 e. The van der Waals surface area contributed by atoms with Gasteiger partial charge in [-0.2, -0.15) is 0 Å². The van der Waals surface area contributed by atoms with Crippen molar-refractivity contribution >= 4 is 34.9 Å². The Hall–Kier alpha value is -1.01. The van der Waals surface area contributed by atoms with Crippen LogP contribution in [0.15, 0.2) is 18.2 Å². The summed E-state index contributed by atoms with van der Waals surface area (Å²) in [6.07, 6.45) is 2.15. The summed E-state index contributed by atoms with van der Waals surface area (Å²) < 4.78 is 0. The van der Waals surface area contributed by atoms with Gasteiger partial charge in [-0.15, -0.1) is 0 Å². The van der Waals surface area contributed by atoms with Gasteiger partial charge in [0.15, 0.2) is 0 Å². The number of aliphatic hydroxyl groups excluding tert-OH is 1. The SMILES string of the molecule is O=C(Nc1cc(Cl)cc(Cl)c1)N(CCO)CC1CCCN1. The number of hydrogen-bond acceptors (Lipinski definition) is 3. The third-order valence-corrected chi connectivity index (χ3v) is 3.81. The van der Waals surface area contributed by atoms with Crippen LogP contribution in [-0.2, 0) is 0 Å². The van der Waals surface area contributed by atoms with Crippen LogP contribution in [0.4, 0.5) is 10.5 Å². The first-order valence-electron chi connectivity index (χ1n) is 6.95. The molecule has 0 radical (unpaired) electrons. The van der Waals surface area contributed by atoms with Crippen LogP contribution in [-0.4, -0.2) is 48.3 Å². The molecule has 1 atom stereocenters. The fourth-order valence-electron chi connectivity index (χ4n) is 2.40. The van der Waals surface area contributed by atoms with E-state index in [0.717, 1.165) is 19.4 Å². The minimum atomic E-state index is -0.268. The quantitative estimate of drug-likeness (QED) is 0.776. The molecule has 1 fully saturated rings. The van der Waals surface area contributed by atoms with Crippen LogP contribution in [0.5, 0.6) is 0 Å². The van der Waals surface area contributed by atoms with Gasteiger partial charge < -0.3 is 20.6 Å². The highest BCUT2D eigenvalue weighted by Crippen LogP contribution is 2.22. The average Bonchev–Trinajstić information content (AvgIpc) is 2.89. The van der Waals surface area contributed by atoms with E-state index in [9.17, 15) is 4.79 Å². The van der Waals surface area contributed by atoms with E-state index in [0.29, 0.717) is 22.3 Å². The second kappa shape index (κ2) is 7.84. The molecule has 21 heavy (non-hydrogen) atoms. The molecule has 0 bridgehead atoms. The molecule has 0 aromatic heterocycles. The zero-order chi connectivity index (χ0) is 15.2. The summed E-state index contributed by atoms with van der Waals surface area (Å²) in [6.45, 7) is 1.76. The van der Waals surface area contributed by atoms with Crippen LogP contribution in [0, 0.1) is 0 Å². The molecule has 1 aliphatic heterocycles. The number of rotatable bonds is 5. The van der Waals surface area contributed by atoms with Crippen LogP contribution < -0.4 is 10.6 Å². The molecule has 0 spiro atoms. The maximum atomic E-state index is 12.3. The van der Waals surface area contributed by atoms with E-state index >= 15 is 0 Å². The van der Waals surface area contributed by atoms with Crippen molar-refractivity contribution < 1.29 is 9.90 Å². The van der Waals surface area contributed by atoms with Gasteiger partial charge in [-0.3, -0.25) is 0 Å². The van der Waals surface area contributed by atoms with Gasteiger partial charge in [-0.25, -0.2) is 4.79 Å². The number of benzene rings is 1. The Morgan fingerprint density at radius 3 is 2.67 bits per heavy atom. The Balaban J connectivity index is 1.99. The topological polar surface area (TPSA) is 64.6 Å². The van der Waals surface area contributed by atoms with Crippen molar-refractivity contribution in [3.63, 3.8) is 0 Å². The number of nitrogens with one attached hydrogen (secondary N) is 2. The van der Waals surface area contributed by atoms with Gasteiger partial charge in [-0.1, -0.05) is 23.2 Å². The summed E-state index contributed by atoms with van der Waals surface area (Å²) in [5.41, 5.74) is 0.542. The number of anilines is 1. The number of aliphatic hydroxyl groups is 1. The van der Waals surface area contributed by atoms with Crippen LogP contribution >= 0.6 is 23.2 Å². The molecule has 1 unspecified atom stereocenters. The van der Waals surface area contributed by atoms with Crippen LogP contribution in [0.1, 0.15) is 12.8 Å². The van der Waals surface area contributed by atoms with Gasteiger partial charge in [0, 0.05) is 34.9 Å². The first-order chi connectivity index (χ1) is 10.1. The Morgan fingerprint density at radius 2 is 2.10 bits per heavy atom. The Labute approximate surface area is 134 Å². The van der Waals surface area contributed by atoms with Crippen molar-refractivity contribution in [3.8, 4) is 0 Å². The van der Waals surface area contributed by atoms with Crippen molar-refractivity contribution in [2.45, 2.75) is 18.9 Å². The summed E-state index contributed by atoms with van der Waals surface area (Å²) in [5, 5.41) is 16.2. The lowest BCUT2D eigenvalue weighted by Gasteiger charge is -2.25. The first-order valence-corrected chi connectivity index (χ1v) is 7.70. The van der Waals surface area contributed by atoms with Crippen molar-refractivity contribution in [2.75, 3.05) is 31.6 Å². The maximum Gasteiger partial charge on any atom is 0.321 e. The lowest BCUT2D eigenvalue weighted by molar-refractivity contribution is 0.182. The summed E-state index contributed by atoms with van der Waals surface area (Å²) in [4.78, 5) is 13.9. The molecule has 5 nitrogen and oxygen atoms in total. The normalized spacial score (nSPS) is 17.8. The number of amides is 2. The molecule has 1 heterocycles. The third kappa shape index (κ3) is 5.04. The van der Waals surface area contributed by atoms with E-state index in [-0.39, 0.29) is 25.2 Å². The van der Waals surface area contributed by atoms with Crippen LogP contribution in [0.25, 0.3) is 0 Å². The molecule has 1 saturated heterocycles. The van der Waals surface area contributed by atoms with Gasteiger partial charge in [0.25, 0.3) is 0 Å². The van der Waals surface area contributed by atoms with Crippen LogP contribution in [0.2, 0.25) is 10.0 Å². The summed E-state index contributed by atoms with van der Waals surface area (Å²) in [5.74, 6) is 0. The summed E-state index contributed by atoms with van der Waals surface area (Å²) in [7, 11) is 0. The lowest BCUT2D eigenvalue weighted by atomic mass is 10.2.